The van der Waals surface area contributed by atoms with E-state index in [0.29, 0.717) is 5.75 Å². The summed E-state index contributed by atoms with van der Waals surface area (Å²) in [5.41, 5.74) is -0.623. The van der Waals surface area contributed by atoms with E-state index in [4.69, 9.17) is 21.1 Å². The number of nitrogens with one attached hydrogen (secondary N) is 1. The average molecular weight is 393 g/mol. The number of ether oxygens (including phenoxy) is 2. The minimum atomic E-state index is -3.75. The molecule has 25 heavy (non-hydrogen) atoms. The molecule has 0 saturated carbocycles. The quantitative estimate of drug-likeness (QED) is 0.804. The number of carbonyl (C=O) groups is 1. The van der Waals surface area contributed by atoms with Crippen LogP contribution in [0.4, 0.5) is 4.79 Å². The molecule has 0 aromatic heterocycles. The predicted octanol–water partition coefficient (Wildman–Crippen LogP) is 2.88. The number of alkyl carbamates (subject to hydrolysis) is 1. The Kier molecular flexibility index (Phi) is 7.10. The predicted molar refractivity (Wildman–Crippen MR) is 96.7 cm³/mol. The number of methoxy groups -OCH3 is 1. The van der Waals surface area contributed by atoms with E-state index in [2.05, 4.69) is 5.32 Å². The topological polar surface area (TPSA) is 84.9 Å². The summed E-state index contributed by atoms with van der Waals surface area (Å²) >= 11 is 5.99. The minimum Gasteiger partial charge on any atom is -0.495 e. The molecule has 0 unspecified atom stereocenters. The van der Waals surface area contributed by atoms with Gasteiger partial charge in [-0.15, -0.1) is 0 Å². The molecule has 0 aliphatic rings. The molecule has 1 aromatic carbocycles. The van der Waals surface area contributed by atoms with Crippen LogP contribution in [0.3, 0.4) is 0 Å². The van der Waals surface area contributed by atoms with Crippen molar-refractivity contribution < 1.29 is 22.7 Å². The average Bonchev–Trinajstić information content (AvgIpc) is 2.44. The highest BCUT2D eigenvalue weighted by Gasteiger charge is 2.25. The van der Waals surface area contributed by atoms with E-state index in [9.17, 15) is 13.2 Å². The number of hydrogen-bond donors (Lipinski definition) is 1. The van der Waals surface area contributed by atoms with Crippen molar-refractivity contribution in [3.8, 4) is 5.75 Å². The van der Waals surface area contributed by atoms with E-state index in [1.165, 1.54) is 32.4 Å². The lowest BCUT2D eigenvalue weighted by Crippen LogP contribution is -2.44. The normalized spacial score (nSPS) is 13.4. The van der Waals surface area contributed by atoms with Gasteiger partial charge in [-0.3, -0.25) is 0 Å². The second-order valence-corrected chi connectivity index (χ2v) is 9.08. The van der Waals surface area contributed by atoms with Gasteiger partial charge in [0.05, 0.1) is 17.0 Å². The fourth-order valence-electron chi connectivity index (χ4n) is 2.03. The summed E-state index contributed by atoms with van der Waals surface area (Å²) in [5, 5.41) is 2.81. The van der Waals surface area contributed by atoms with Crippen LogP contribution in [0.2, 0.25) is 5.02 Å². The minimum absolute atomic E-state index is 0.0465. The summed E-state index contributed by atoms with van der Waals surface area (Å²) in [6, 6.07) is 3.80. The number of rotatable bonds is 6. The van der Waals surface area contributed by atoms with Crippen LogP contribution in [0.1, 0.15) is 27.7 Å². The number of sulfonamides is 1. The van der Waals surface area contributed by atoms with E-state index < -0.39 is 27.8 Å². The lowest BCUT2D eigenvalue weighted by atomic mass is 10.2. The largest absolute Gasteiger partial charge is 0.495 e. The van der Waals surface area contributed by atoms with Crippen molar-refractivity contribution in [2.75, 3.05) is 20.7 Å². The summed E-state index contributed by atoms with van der Waals surface area (Å²) < 4.78 is 36.6. The van der Waals surface area contributed by atoms with Gasteiger partial charge in [0.25, 0.3) is 0 Å². The van der Waals surface area contributed by atoms with Gasteiger partial charge in [0.1, 0.15) is 11.4 Å². The molecule has 0 radical (unpaired) electrons. The SMILES string of the molecule is COc1ccc(S(=O)(=O)N(C)C[C@H](C)NC(=O)OC(C)(C)C)cc1Cl. The Balaban J connectivity index is 2.79. The summed E-state index contributed by atoms with van der Waals surface area (Å²) in [7, 11) is -0.870. The van der Waals surface area contributed by atoms with Gasteiger partial charge < -0.3 is 14.8 Å². The van der Waals surface area contributed by atoms with Gasteiger partial charge in [0, 0.05) is 19.6 Å². The Morgan fingerprint density at radius 1 is 1.36 bits per heavy atom. The van der Waals surface area contributed by atoms with Gasteiger partial charge in [-0.25, -0.2) is 13.2 Å². The molecule has 1 rings (SSSR count). The van der Waals surface area contributed by atoms with Gasteiger partial charge in [-0.2, -0.15) is 4.31 Å². The van der Waals surface area contributed by atoms with Crippen LogP contribution in [-0.2, 0) is 14.8 Å². The highest BCUT2D eigenvalue weighted by molar-refractivity contribution is 7.89. The van der Waals surface area contributed by atoms with Crippen molar-refractivity contribution in [2.45, 2.75) is 44.2 Å². The van der Waals surface area contributed by atoms with Gasteiger partial charge in [0.15, 0.2) is 0 Å². The summed E-state index contributed by atoms with van der Waals surface area (Å²) in [4.78, 5) is 11.8. The zero-order chi connectivity index (χ0) is 19.4. The lowest BCUT2D eigenvalue weighted by Gasteiger charge is -2.24. The summed E-state index contributed by atoms with van der Waals surface area (Å²) in [6.45, 7) is 7.02. The molecule has 0 spiro atoms. The Labute approximate surface area is 154 Å². The van der Waals surface area contributed by atoms with Crippen LogP contribution in [-0.4, -0.2) is 51.2 Å². The Morgan fingerprint density at radius 2 is 1.96 bits per heavy atom. The van der Waals surface area contributed by atoms with Crippen molar-refractivity contribution in [1.82, 2.24) is 9.62 Å². The third kappa shape index (κ3) is 6.37. The number of benzene rings is 1. The molecule has 0 aliphatic carbocycles. The van der Waals surface area contributed by atoms with Crippen LogP contribution in [0.15, 0.2) is 23.1 Å². The summed E-state index contributed by atoms with van der Waals surface area (Å²) in [6.07, 6.45) is -0.599. The van der Waals surface area contributed by atoms with Gasteiger partial charge in [-0.1, -0.05) is 11.6 Å². The van der Waals surface area contributed by atoms with Crippen LogP contribution in [0.25, 0.3) is 0 Å². The number of nitrogens with zero attached hydrogens (tertiary/aromatic N) is 1. The van der Waals surface area contributed by atoms with E-state index in [-0.39, 0.29) is 16.5 Å². The first-order valence-corrected chi connectivity index (χ1v) is 9.48. The van der Waals surface area contributed by atoms with Gasteiger partial charge >= 0.3 is 6.09 Å². The monoisotopic (exact) mass is 392 g/mol. The highest BCUT2D eigenvalue weighted by Crippen LogP contribution is 2.28. The van der Waals surface area contributed by atoms with Crippen molar-refractivity contribution in [3.63, 3.8) is 0 Å². The molecular formula is C16H25ClN2O5S. The summed E-state index contributed by atoms with van der Waals surface area (Å²) in [5.74, 6) is 0.392. The Bertz CT molecular complexity index is 716. The van der Waals surface area contributed by atoms with Gasteiger partial charge in [-0.05, 0) is 45.9 Å². The molecule has 1 N–H and O–H groups in total. The standard InChI is InChI=1S/C16H25ClN2O5S/c1-11(18-15(20)24-16(2,3)4)10-19(5)25(21,22)12-7-8-14(23-6)13(17)9-12/h7-9,11H,10H2,1-6H3,(H,18,20)/t11-/m0/s1. The van der Waals surface area contributed by atoms with Crippen LogP contribution in [0, 0.1) is 0 Å². The molecule has 7 nitrogen and oxygen atoms in total. The first kappa shape index (κ1) is 21.5. The molecule has 0 bridgehead atoms. The maximum atomic E-state index is 12.6. The van der Waals surface area contributed by atoms with Crippen molar-refractivity contribution in [1.29, 1.82) is 0 Å². The highest BCUT2D eigenvalue weighted by atomic mass is 35.5. The fraction of sp³-hybridized carbons (Fsp3) is 0.562. The van der Waals surface area contributed by atoms with Crippen molar-refractivity contribution >= 4 is 27.7 Å². The van der Waals surface area contributed by atoms with Crippen LogP contribution < -0.4 is 10.1 Å². The molecule has 1 atom stereocenters. The molecule has 1 aromatic rings. The van der Waals surface area contributed by atoms with E-state index >= 15 is 0 Å². The second-order valence-electron chi connectivity index (χ2n) is 6.63. The number of likely N-dealkylation sites (N-methyl/N-ethyl adjacent to an activating group) is 1. The number of halogens is 1. The van der Waals surface area contributed by atoms with Crippen LogP contribution >= 0.6 is 11.6 Å². The zero-order valence-corrected chi connectivity index (χ0v) is 16.9. The third-order valence-corrected chi connectivity index (χ3v) is 5.24. The third-order valence-electron chi connectivity index (χ3n) is 3.13. The molecular weight excluding hydrogens is 368 g/mol. The molecule has 0 saturated heterocycles. The fourth-order valence-corrected chi connectivity index (χ4v) is 3.63. The van der Waals surface area contributed by atoms with Gasteiger partial charge in [0.2, 0.25) is 10.0 Å². The Morgan fingerprint density at radius 3 is 2.44 bits per heavy atom. The number of hydrogen-bond acceptors (Lipinski definition) is 5. The smallest absolute Gasteiger partial charge is 0.407 e. The number of carbonyl (C=O) groups excluding carboxylic acids is 1. The van der Waals surface area contributed by atoms with Crippen LogP contribution in [0.5, 0.6) is 5.75 Å². The molecule has 0 heterocycles. The Hall–Kier alpha value is -1.51. The molecule has 9 heteroatoms. The zero-order valence-electron chi connectivity index (χ0n) is 15.3. The van der Waals surface area contributed by atoms with E-state index in [1.54, 1.807) is 27.7 Å². The van der Waals surface area contributed by atoms with E-state index in [0.717, 1.165) is 4.31 Å². The molecule has 142 valence electrons. The number of amides is 1. The first-order chi connectivity index (χ1) is 11.4. The lowest BCUT2D eigenvalue weighted by molar-refractivity contribution is 0.0504. The molecule has 0 fully saturated rings. The van der Waals surface area contributed by atoms with Crippen molar-refractivity contribution in [3.05, 3.63) is 23.2 Å². The second kappa shape index (κ2) is 8.25. The first-order valence-electron chi connectivity index (χ1n) is 7.66. The maximum Gasteiger partial charge on any atom is 0.407 e. The molecule has 1 amide bonds. The van der Waals surface area contributed by atoms with E-state index in [1.807, 2.05) is 0 Å². The van der Waals surface area contributed by atoms with Crippen molar-refractivity contribution in [2.24, 2.45) is 0 Å². The maximum absolute atomic E-state index is 12.6. The molecule has 0 aliphatic heterocycles.